The molecule has 7 heteroatoms. The van der Waals surface area contributed by atoms with Crippen molar-refractivity contribution in [3.05, 3.63) is 35.9 Å². The van der Waals surface area contributed by atoms with Gasteiger partial charge in [0.25, 0.3) is 0 Å². The quantitative estimate of drug-likeness (QED) is 0.109. The van der Waals surface area contributed by atoms with Crippen LogP contribution < -0.4 is 11.5 Å². The summed E-state index contributed by atoms with van der Waals surface area (Å²) in [7, 11) is 0. The minimum absolute atomic E-state index is 0.148. The molecular weight excluding hydrogens is 502 g/mol. The van der Waals surface area contributed by atoms with Crippen molar-refractivity contribution in [3.63, 3.8) is 0 Å². The standard InChI is InChI=1S/C33H57N3O4/c1-4-5-6-7-8-9-10-11-12-13-17-21-29(24-31(35)37)36(25-27(2)3)33(39)30(34)22-18-23-32(38)40-26-28-19-15-14-16-20-28/h14-16,19-20,27,29-30H,4-13,17-18,21-26,34H2,1-3H3,(H2,35,37)/t29-,30-/m0/s1. The van der Waals surface area contributed by atoms with E-state index in [1.165, 1.54) is 57.8 Å². The summed E-state index contributed by atoms with van der Waals surface area (Å²) >= 11 is 0. The molecule has 0 radical (unpaired) electrons. The molecule has 0 aromatic heterocycles. The van der Waals surface area contributed by atoms with E-state index < -0.39 is 11.9 Å². The smallest absolute Gasteiger partial charge is 0.306 e. The van der Waals surface area contributed by atoms with Crippen molar-refractivity contribution >= 4 is 17.8 Å². The Hall–Kier alpha value is -2.41. The lowest BCUT2D eigenvalue weighted by Crippen LogP contribution is -2.51. The molecule has 228 valence electrons. The van der Waals surface area contributed by atoms with Gasteiger partial charge in [-0.1, -0.05) is 122 Å². The van der Waals surface area contributed by atoms with Crippen molar-refractivity contribution in [3.8, 4) is 0 Å². The second-order valence-corrected chi connectivity index (χ2v) is 11.7. The van der Waals surface area contributed by atoms with Crippen LogP contribution in [0.3, 0.4) is 0 Å². The first-order chi connectivity index (χ1) is 19.2. The van der Waals surface area contributed by atoms with E-state index in [4.69, 9.17) is 16.2 Å². The Bertz CT molecular complexity index is 815. The van der Waals surface area contributed by atoms with E-state index >= 15 is 0 Å². The van der Waals surface area contributed by atoms with Gasteiger partial charge in [0.1, 0.15) is 6.61 Å². The van der Waals surface area contributed by atoms with Crippen LogP contribution in [0.15, 0.2) is 30.3 Å². The van der Waals surface area contributed by atoms with E-state index in [-0.39, 0.29) is 43.3 Å². The molecule has 0 unspecified atom stereocenters. The largest absolute Gasteiger partial charge is 0.461 e. The molecular formula is C33H57N3O4. The molecule has 0 heterocycles. The number of benzene rings is 1. The Morgan fingerprint density at radius 2 is 1.40 bits per heavy atom. The number of carbonyl (C=O) groups excluding carboxylic acids is 3. The van der Waals surface area contributed by atoms with Crippen LogP contribution >= 0.6 is 0 Å². The maximum Gasteiger partial charge on any atom is 0.306 e. The molecule has 1 aromatic carbocycles. The summed E-state index contributed by atoms with van der Waals surface area (Å²) in [6, 6.07) is 8.56. The van der Waals surface area contributed by atoms with Gasteiger partial charge in [-0.3, -0.25) is 14.4 Å². The predicted molar refractivity (Wildman–Crippen MR) is 163 cm³/mol. The summed E-state index contributed by atoms with van der Waals surface area (Å²) in [5.41, 5.74) is 12.8. The number of primary amides is 1. The van der Waals surface area contributed by atoms with E-state index in [2.05, 4.69) is 20.8 Å². The van der Waals surface area contributed by atoms with Gasteiger partial charge < -0.3 is 21.1 Å². The molecule has 2 amide bonds. The van der Waals surface area contributed by atoms with Crippen molar-refractivity contribution in [2.45, 2.75) is 142 Å². The van der Waals surface area contributed by atoms with Gasteiger partial charge in [0.2, 0.25) is 11.8 Å². The Morgan fingerprint density at radius 1 is 0.825 bits per heavy atom. The van der Waals surface area contributed by atoms with Crippen molar-refractivity contribution in [2.75, 3.05) is 6.54 Å². The van der Waals surface area contributed by atoms with Crippen molar-refractivity contribution in [1.29, 1.82) is 0 Å². The fraction of sp³-hybridized carbons (Fsp3) is 0.727. The monoisotopic (exact) mass is 559 g/mol. The average Bonchev–Trinajstić information content (AvgIpc) is 2.92. The van der Waals surface area contributed by atoms with Gasteiger partial charge in [0.05, 0.1) is 6.04 Å². The molecule has 0 aliphatic heterocycles. The highest BCUT2D eigenvalue weighted by Gasteiger charge is 2.29. The van der Waals surface area contributed by atoms with Gasteiger partial charge in [-0.25, -0.2) is 0 Å². The zero-order valence-corrected chi connectivity index (χ0v) is 25.6. The topological polar surface area (TPSA) is 116 Å². The molecule has 0 saturated carbocycles. The van der Waals surface area contributed by atoms with Crippen LogP contribution in [-0.2, 0) is 25.7 Å². The summed E-state index contributed by atoms with van der Waals surface area (Å²) in [6.07, 6.45) is 15.7. The van der Waals surface area contributed by atoms with E-state index in [0.717, 1.165) is 24.8 Å². The zero-order chi connectivity index (χ0) is 29.6. The molecule has 7 nitrogen and oxygen atoms in total. The fourth-order valence-corrected chi connectivity index (χ4v) is 5.07. The number of nitrogens with two attached hydrogens (primary N) is 2. The molecule has 40 heavy (non-hydrogen) atoms. The summed E-state index contributed by atoms with van der Waals surface area (Å²) < 4.78 is 5.33. The van der Waals surface area contributed by atoms with E-state index in [1.807, 2.05) is 30.3 Å². The lowest BCUT2D eigenvalue weighted by Gasteiger charge is -2.34. The predicted octanol–water partition coefficient (Wildman–Crippen LogP) is 6.66. The number of unbranched alkanes of at least 4 members (excludes halogenated alkanes) is 10. The lowest BCUT2D eigenvalue weighted by atomic mass is 9.98. The van der Waals surface area contributed by atoms with Crippen LogP contribution in [0.25, 0.3) is 0 Å². The second-order valence-electron chi connectivity index (χ2n) is 11.7. The minimum Gasteiger partial charge on any atom is -0.461 e. The van der Waals surface area contributed by atoms with Crippen LogP contribution in [-0.4, -0.2) is 41.3 Å². The van der Waals surface area contributed by atoms with Crippen LogP contribution in [0.5, 0.6) is 0 Å². The molecule has 2 atom stereocenters. The number of esters is 1. The molecule has 0 bridgehead atoms. The Labute approximate surface area is 243 Å². The molecule has 0 spiro atoms. The summed E-state index contributed by atoms with van der Waals surface area (Å²) in [4.78, 5) is 39.3. The van der Waals surface area contributed by atoms with Crippen molar-refractivity contribution < 1.29 is 19.1 Å². The number of nitrogens with zero attached hydrogens (tertiary/aromatic N) is 1. The first-order valence-corrected chi connectivity index (χ1v) is 15.8. The van der Waals surface area contributed by atoms with Crippen LogP contribution in [0, 0.1) is 5.92 Å². The lowest BCUT2D eigenvalue weighted by molar-refractivity contribution is -0.145. The normalized spacial score (nSPS) is 12.7. The molecule has 0 fully saturated rings. The Kier molecular flexibility index (Phi) is 19.9. The fourth-order valence-electron chi connectivity index (χ4n) is 5.07. The van der Waals surface area contributed by atoms with Crippen LogP contribution in [0.4, 0.5) is 0 Å². The van der Waals surface area contributed by atoms with Gasteiger partial charge in [-0.15, -0.1) is 0 Å². The van der Waals surface area contributed by atoms with Crippen molar-refractivity contribution in [1.82, 2.24) is 4.90 Å². The van der Waals surface area contributed by atoms with Gasteiger partial charge in [-0.2, -0.15) is 0 Å². The van der Waals surface area contributed by atoms with Gasteiger partial charge >= 0.3 is 5.97 Å². The van der Waals surface area contributed by atoms with E-state index in [0.29, 0.717) is 19.4 Å². The Morgan fingerprint density at radius 3 is 1.95 bits per heavy atom. The maximum atomic E-state index is 13.4. The van der Waals surface area contributed by atoms with Crippen LogP contribution in [0.2, 0.25) is 0 Å². The first kappa shape index (κ1) is 35.6. The van der Waals surface area contributed by atoms with Crippen molar-refractivity contribution in [2.24, 2.45) is 17.4 Å². The van der Waals surface area contributed by atoms with Gasteiger partial charge in [0, 0.05) is 25.4 Å². The van der Waals surface area contributed by atoms with Crippen LogP contribution in [0.1, 0.15) is 129 Å². The molecule has 0 aliphatic rings. The highest BCUT2D eigenvalue weighted by molar-refractivity contribution is 5.83. The molecule has 0 saturated heterocycles. The number of rotatable bonds is 24. The van der Waals surface area contributed by atoms with E-state index in [9.17, 15) is 14.4 Å². The zero-order valence-electron chi connectivity index (χ0n) is 25.6. The third-order valence-corrected chi connectivity index (χ3v) is 7.32. The third-order valence-electron chi connectivity index (χ3n) is 7.32. The summed E-state index contributed by atoms with van der Waals surface area (Å²) in [6.45, 7) is 7.12. The number of hydrogen-bond donors (Lipinski definition) is 2. The maximum absolute atomic E-state index is 13.4. The highest BCUT2D eigenvalue weighted by Crippen LogP contribution is 2.19. The highest BCUT2D eigenvalue weighted by atomic mass is 16.5. The summed E-state index contributed by atoms with van der Waals surface area (Å²) in [5.74, 6) is -0.632. The SMILES string of the molecule is CCCCCCCCCCCCC[C@@H](CC(N)=O)N(CC(C)C)C(=O)[C@@H](N)CCCC(=O)OCc1ccccc1. The average molecular weight is 560 g/mol. The number of hydrogen-bond acceptors (Lipinski definition) is 5. The van der Waals surface area contributed by atoms with E-state index in [1.54, 1.807) is 4.90 Å². The number of amides is 2. The Balaban J connectivity index is 2.49. The number of carbonyl (C=O) groups is 3. The first-order valence-electron chi connectivity index (χ1n) is 15.8. The van der Waals surface area contributed by atoms with Gasteiger partial charge in [0.15, 0.2) is 0 Å². The molecule has 0 aliphatic carbocycles. The third kappa shape index (κ3) is 17.3. The molecule has 4 N–H and O–H groups in total. The van der Waals surface area contributed by atoms with Gasteiger partial charge in [-0.05, 0) is 30.7 Å². The minimum atomic E-state index is -0.728. The molecule has 1 rings (SSSR count). The second kappa shape index (κ2) is 22.3. The molecule has 1 aromatic rings. The number of ether oxygens (including phenoxy) is 1. The summed E-state index contributed by atoms with van der Waals surface area (Å²) in [5, 5.41) is 0.